The van der Waals surface area contributed by atoms with Gasteiger partial charge in [0.05, 0.1) is 13.2 Å². The Balaban J connectivity index is 1.95. The summed E-state index contributed by atoms with van der Waals surface area (Å²) in [5.74, 6) is 0. The maximum Gasteiger partial charge on any atom is 0.0642 e. The van der Waals surface area contributed by atoms with E-state index in [1.807, 2.05) is 6.20 Å². The standard InChI is InChI=1S/C12H14N2O/c1-2-11(14-5-7-15-8-6-14)9-12-10(1)3-4-13-12/h1-4,9,13H,5-8H2. The fraction of sp³-hybridized carbons (Fsp3) is 0.333. The Hall–Kier alpha value is -1.48. The van der Waals surface area contributed by atoms with E-state index in [0.29, 0.717) is 0 Å². The highest BCUT2D eigenvalue weighted by atomic mass is 16.5. The molecule has 3 nitrogen and oxygen atoms in total. The summed E-state index contributed by atoms with van der Waals surface area (Å²) in [7, 11) is 0. The van der Waals surface area contributed by atoms with Crippen LogP contribution in [0.15, 0.2) is 30.5 Å². The molecule has 1 aromatic heterocycles. The number of hydrogen-bond donors (Lipinski definition) is 1. The molecule has 0 saturated carbocycles. The van der Waals surface area contributed by atoms with Crippen LogP contribution in [0.25, 0.3) is 10.9 Å². The summed E-state index contributed by atoms with van der Waals surface area (Å²) in [6.07, 6.45) is 1.98. The van der Waals surface area contributed by atoms with Crippen molar-refractivity contribution >= 4 is 16.6 Å². The van der Waals surface area contributed by atoms with Crippen LogP contribution in [0.1, 0.15) is 0 Å². The van der Waals surface area contributed by atoms with Gasteiger partial charge in [0.25, 0.3) is 0 Å². The molecule has 2 heterocycles. The SMILES string of the molecule is c1cc2ccc(N3CCOCC3)cc2[nH]1. The van der Waals surface area contributed by atoms with Gasteiger partial charge in [0.2, 0.25) is 0 Å². The minimum atomic E-state index is 0.836. The van der Waals surface area contributed by atoms with Crippen LogP contribution in [0.5, 0.6) is 0 Å². The van der Waals surface area contributed by atoms with Crippen LogP contribution in [0.2, 0.25) is 0 Å². The lowest BCUT2D eigenvalue weighted by Crippen LogP contribution is -2.36. The van der Waals surface area contributed by atoms with Crippen molar-refractivity contribution in [3.63, 3.8) is 0 Å². The lowest BCUT2D eigenvalue weighted by Gasteiger charge is -2.28. The predicted octanol–water partition coefficient (Wildman–Crippen LogP) is 2.00. The first kappa shape index (κ1) is 8.80. The number of aromatic amines is 1. The van der Waals surface area contributed by atoms with Crippen molar-refractivity contribution in [3.05, 3.63) is 30.5 Å². The topological polar surface area (TPSA) is 28.3 Å². The lowest BCUT2D eigenvalue weighted by atomic mass is 10.2. The van der Waals surface area contributed by atoms with Gasteiger partial charge in [-0.15, -0.1) is 0 Å². The molecule has 0 amide bonds. The third kappa shape index (κ3) is 1.59. The third-order valence-corrected chi connectivity index (χ3v) is 2.91. The molecule has 1 fully saturated rings. The number of rotatable bonds is 1. The Bertz CT molecular complexity index is 457. The zero-order chi connectivity index (χ0) is 10.1. The maximum atomic E-state index is 5.34. The smallest absolute Gasteiger partial charge is 0.0642 e. The molecule has 1 aliphatic heterocycles. The minimum absolute atomic E-state index is 0.836. The number of nitrogens with one attached hydrogen (secondary N) is 1. The maximum absolute atomic E-state index is 5.34. The van der Waals surface area contributed by atoms with Gasteiger partial charge in [-0.3, -0.25) is 0 Å². The van der Waals surface area contributed by atoms with Crippen LogP contribution >= 0.6 is 0 Å². The van der Waals surface area contributed by atoms with Gasteiger partial charge >= 0.3 is 0 Å². The molecule has 78 valence electrons. The van der Waals surface area contributed by atoms with E-state index in [4.69, 9.17) is 4.74 Å². The molecule has 3 heteroatoms. The highest BCUT2D eigenvalue weighted by molar-refractivity contribution is 5.83. The number of hydrogen-bond acceptors (Lipinski definition) is 2. The van der Waals surface area contributed by atoms with Gasteiger partial charge in [0, 0.05) is 30.5 Å². The van der Waals surface area contributed by atoms with Gasteiger partial charge < -0.3 is 14.6 Å². The van der Waals surface area contributed by atoms with Crippen LogP contribution in [0, 0.1) is 0 Å². The Morgan fingerprint density at radius 3 is 2.87 bits per heavy atom. The predicted molar refractivity (Wildman–Crippen MR) is 61.3 cm³/mol. The largest absolute Gasteiger partial charge is 0.378 e. The van der Waals surface area contributed by atoms with Gasteiger partial charge in [0.15, 0.2) is 0 Å². The van der Waals surface area contributed by atoms with Crippen LogP contribution in [-0.2, 0) is 4.74 Å². The monoisotopic (exact) mass is 202 g/mol. The Labute approximate surface area is 88.6 Å². The molecule has 0 spiro atoms. The number of fused-ring (bicyclic) bond motifs is 1. The quantitative estimate of drug-likeness (QED) is 0.766. The van der Waals surface area contributed by atoms with Crippen molar-refractivity contribution in [2.75, 3.05) is 31.2 Å². The molecule has 15 heavy (non-hydrogen) atoms. The molecular formula is C12H14N2O. The minimum Gasteiger partial charge on any atom is -0.378 e. The molecule has 0 aliphatic carbocycles. The molecule has 0 unspecified atom stereocenters. The van der Waals surface area contributed by atoms with Gasteiger partial charge in [-0.1, -0.05) is 6.07 Å². The fourth-order valence-electron chi connectivity index (χ4n) is 2.05. The van der Waals surface area contributed by atoms with Crippen LogP contribution in [0.4, 0.5) is 5.69 Å². The number of H-pyrrole nitrogens is 1. The highest BCUT2D eigenvalue weighted by Crippen LogP contribution is 2.21. The summed E-state index contributed by atoms with van der Waals surface area (Å²) < 4.78 is 5.34. The van der Waals surface area contributed by atoms with Gasteiger partial charge in [0.1, 0.15) is 0 Å². The van der Waals surface area contributed by atoms with Crippen molar-refractivity contribution in [3.8, 4) is 0 Å². The Kier molecular flexibility index (Phi) is 2.10. The second-order valence-corrected chi connectivity index (χ2v) is 3.85. The van der Waals surface area contributed by atoms with Gasteiger partial charge in [-0.2, -0.15) is 0 Å². The zero-order valence-electron chi connectivity index (χ0n) is 8.57. The number of nitrogens with zero attached hydrogens (tertiary/aromatic N) is 1. The second-order valence-electron chi connectivity index (χ2n) is 3.85. The van der Waals surface area contributed by atoms with Crippen molar-refractivity contribution < 1.29 is 4.74 Å². The zero-order valence-corrected chi connectivity index (χ0v) is 8.57. The van der Waals surface area contributed by atoms with E-state index in [-0.39, 0.29) is 0 Å². The number of morpholine rings is 1. The summed E-state index contributed by atoms with van der Waals surface area (Å²) in [6.45, 7) is 3.66. The number of aromatic nitrogens is 1. The molecule has 3 rings (SSSR count). The second kappa shape index (κ2) is 3.59. The molecule has 1 N–H and O–H groups in total. The van der Waals surface area contributed by atoms with Crippen molar-refractivity contribution in [2.45, 2.75) is 0 Å². The summed E-state index contributed by atoms with van der Waals surface area (Å²) in [5, 5.41) is 1.27. The van der Waals surface area contributed by atoms with Crippen LogP contribution in [0.3, 0.4) is 0 Å². The average Bonchev–Trinajstić information content (AvgIpc) is 2.77. The van der Waals surface area contributed by atoms with E-state index < -0.39 is 0 Å². The van der Waals surface area contributed by atoms with E-state index in [9.17, 15) is 0 Å². The van der Waals surface area contributed by atoms with E-state index in [1.165, 1.54) is 16.6 Å². The molecule has 2 aromatic rings. The summed E-state index contributed by atoms with van der Waals surface area (Å²) >= 11 is 0. The van der Waals surface area contributed by atoms with E-state index in [1.54, 1.807) is 0 Å². The first-order valence-electron chi connectivity index (χ1n) is 5.33. The fourth-order valence-corrected chi connectivity index (χ4v) is 2.05. The first-order valence-corrected chi connectivity index (χ1v) is 5.33. The Morgan fingerprint density at radius 2 is 2.00 bits per heavy atom. The summed E-state index contributed by atoms with van der Waals surface area (Å²) in [5.41, 5.74) is 2.49. The third-order valence-electron chi connectivity index (χ3n) is 2.91. The van der Waals surface area contributed by atoms with Crippen molar-refractivity contribution in [1.29, 1.82) is 0 Å². The summed E-state index contributed by atoms with van der Waals surface area (Å²) in [6, 6.07) is 8.65. The molecule has 0 bridgehead atoms. The van der Waals surface area contributed by atoms with Crippen LogP contribution < -0.4 is 4.90 Å². The lowest BCUT2D eigenvalue weighted by molar-refractivity contribution is 0.122. The highest BCUT2D eigenvalue weighted by Gasteiger charge is 2.11. The molecule has 1 saturated heterocycles. The normalized spacial score (nSPS) is 17.2. The van der Waals surface area contributed by atoms with Crippen LogP contribution in [-0.4, -0.2) is 31.3 Å². The number of anilines is 1. The van der Waals surface area contributed by atoms with Crippen molar-refractivity contribution in [1.82, 2.24) is 4.98 Å². The summed E-state index contributed by atoms with van der Waals surface area (Å²) in [4.78, 5) is 5.61. The molecule has 0 radical (unpaired) electrons. The molecule has 1 aliphatic rings. The molecular weight excluding hydrogens is 188 g/mol. The molecule has 0 atom stereocenters. The van der Waals surface area contributed by atoms with E-state index in [0.717, 1.165) is 26.3 Å². The van der Waals surface area contributed by atoms with Crippen molar-refractivity contribution in [2.24, 2.45) is 0 Å². The van der Waals surface area contributed by atoms with Gasteiger partial charge in [-0.25, -0.2) is 0 Å². The number of ether oxygens (including phenoxy) is 1. The average molecular weight is 202 g/mol. The van der Waals surface area contributed by atoms with Gasteiger partial charge in [-0.05, 0) is 23.6 Å². The van der Waals surface area contributed by atoms with E-state index >= 15 is 0 Å². The Morgan fingerprint density at radius 1 is 1.13 bits per heavy atom. The molecule has 1 aromatic carbocycles. The van der Waals surface area contributed by atoms with E-state index in [2.05, 4.69) is 34.1 Å². The first-order chi connectivity index (χ1) is 7.43. The number of benzene rings is 1.